The summed E-state index contributed by atoms with van der Waals surface area (Å²) in [5.74, 6) is -0.809. The van der Waals surface area contributed by atoms with Gasteiger partial charge in [0, 0.05) is 6.42 Å². The molecular weight excluding hydrogens is 232 g/mol. The third-order valence-corrected chi connectivity index (χ3v) is 2.72. The van der Waals surface area contributed by atoms with Gasteiger partial charge in [-0.05, 0) is 26.7 Å². The molecular formula is C14H28O4. The zero-order chi connectivity index (χ0) is 14.6. The zero-order valence-electron chi connectivity index (χ0n) is 12.4. The lowest BCUT2D eigenvalue weighted by atomic mass is 9.91. The van der Waals surface area contributed by atoms with Gasteiger partial charge in [0.15, 0.2) is 0 Å². The van der Waals surface area contributed by atoms with Gasteiger partial charge in [-0.2, -0.15) is 0 Å². The molecule has 0 aromatic heterocycles. The van der Waals surface area contributed by atoms with Crippen molar-refractivity contribution in [1.82, 2.24) is 0 Å². The fourth-order valence-corrected chi connectivity index (χ4v) is 0.857. The van der Waals surface area contributed by atoms with Crippen molar-refractivity contribution in [1.29, 1.82) is 0 Å². The first-order valence-electron chi connectivity index (χ1n) is 6.70. The summed E-state index contributed by atoms with van der Waals surface area (Å²) in [5, 5.41) is 7.72. The molecule has 0 saturated carbocycles. The Morgan fingerprint density at radius 3 is 1.94 bits per heavy atom. The van der Waals surface area contributed by atoms with Crippen molar-refractivity contribution in [3.05, 3.63) is 0 Å². The van der Waals surface area contributed by atoms with Crippen molar-refractivity contribution >= 4 is 11.9 Å². The van der Waals surface area contributed by atoms with Gasteiger partial charge in [0.1, 0.15) is 0 Å². The molecule has 0 saturated heterocycles. The number of carboxylic acid groups (broad SMARTS) is 1. The van der Waals surface area contributed by atoms with Crippen LogP contribution >= 0.6 is 0 Å². The standard InChI is InChI=1S/C11H22O2.C3H6O2/c1-5-7-8-9-13-10(12)11(3,4)6-2;1-2-3(4)5/h5-9H2,1-4H3;2H2,1H3,(H,4,5). The number of hydrogen-bond donors (Lipinski definition) is 1. The van der Waals surface area contributed by atoms with Crippen LogP contribution in [0.25, 0.3) is 0 Å². The Labute approximate surface area is 111 Å². The van der Waals surface area contributed by atoms with Gasteiger partial charge in [-0.25, -0.2) is 0 Å². The van der Waals surface area contributed by atoms with Crippen LogP contribution in [-0.4, -0.2) is 23.7 Å². The van der Waals surface area contributed by atoms with E-state index < -0.39 is 5.97 Å². The number of ether oxygens (including phenoxy) is 1. The molecule has 0 unspecified atom stereocenters. The Kier molecular flexibility index (Phi) is 11.8. The lowest BCUT2D eigenvalue weighted by Crippen LogP contribution is -2.26. The van der Waals surface area contributed by atoms with E-state index >= 15 is 0 Å². The SMILES string of the molecule is CCC(=O)O.CCCCCOC(=O)C(C)(C)CC. The van der Waals surface area contributed by atoms with Crippen LogP contribution in [0, 0.1) is 5.41 Å². The molecule has 0 aromatic rings. The maximum atomic E-state index is 11.4. The van der Waals surface area contributed by atoms with Crippen LogP contribution in [0.4, 0.5) is 0 Å². The van der Waals surface area contributed by atoms with Gasteiger partial charge in [0.2, 0.25) is 0 Å². The highest BCUT2D eigenvalue weighted by Crippen LogP contribution is 2.21. The summed E-state index contributed by atoms with van der Waals surface area (Å²) in [4.78, 5) is 20.8. The number of esters is 1. The predicted octanol–water partition coefficient (Wildman–Crippen LogP) is 3.64. The van der Waals surface area contributed by atoms with Crippen molar-refractivity contribution < 1.29 is 19.4 Å². The normalized spacial score (nSPS) is 10.3. The van der Waals surface area contributed by atoms with Crippen molar-refractivity contribution in [2.45, 2.75) is 66.7 Å². The molecule has 0 amide bonds. The van der Waals surface area contributed by atoms with Crippen LogP contribution in [-0.2, 0) is 14.3 Å². The molecule has 0 aliphatic rings. The minimum absolute atomic E-state index is 0.0638. The summed E-state index contributed by atoms with van der Waals surface area (Å²) >= 11 is 0. The number of carbonyl (C=O) groups is 2. The van der Waals surface area contributed by atoms with Crippen molar-refractivity contribution in [3.8, 4) is 0 Å². The number of carboxylic acids is 1. The molecule has 0 radical (unpaired) electrons. The highest BCUT2D eigenvalue weighted by atomic mass is 16.5. The van der Waals surface area contributed by atoms with Gasteiger partial charge in [-0.3, -0.25) is 9.59 Å². The zero-order valence-corrected chi connectivity index (χ0v) is 12.4. The summed E-state index contributed by atoms with van der Waals surface area (Å²) in [6.45, 7) is 10.2. The van der Waals surface area contributed by atoms with E-state index in [2.05, 4.69) is 6.92 Å². The molecule has 4 nitrogen and oxygen atoms in total. The Morgan fingerprint density at radius 2 is 1.61 bits per heavy atom. The van der Waals surface area contributed by atoms with E-state index in [4.69, 9.17) is 9.84 Å². The fourth-order valence-electron chi connectivity index (χ4n) is 0.857. The molecule has 4 heteroatoms. The minimum Gasteiger partial charge on any atom is -0.481 e. The third kappa shape index (κ3) is 11.4. The molecule has 0 rings (SSSR count). The van der Waals surface area contributed by atoms with Gasteiger partial charge in [-0.1, -0.05) is 33.6 Å². The number of rotatable bonds is 7. The summed E-state index contributed by atoms with van der Waals surface area (Å²) in [7, 11) is 0. The van der Waals surface area contributed by atoms with Crippen molar-refractivity contribution in [2.75, 3.05) is 6.61 Å². The van der Waals surface area contributed by atoms with Gasteiger partial charge in [-0.15, -0.1) is 0 Å². The summed E-state index contributed by atoms with van der Waals surface area (Å²) in [6, 6.07) is 0. The summed E-state index contributed by atoms with van der Waals surface area (Å²) < 4.78 is 5.16. The second-order valence-corrected chi connectivity index (χ2v) is 4.83. The molecule has 0 spiro atoms. The lowest BCUT2D eigenvalue weighted by molar-refractivity contribution is -0.154. The second-order valence-electron chi connectivity index (χ2n) is 4.83. The van der Waals surface area contributed by atoms with Crippen molar-refractivity contribution in [3.63, 3.8) is 0 Å². The Morgan fingerprint density at radius 1 is 1.11 bits per heavy atom. The van der Waals surface area contributed by atoms with E-state index in [0.29, 0.717) is 6.61 Å². The first kappa shape index (κ1) is 19.3. The van der Waals surface area contributed by atoms with Gasteiger partial charge in [0.05, 0.1) is 12.0 Å². The van der Waals surface area contributed by atoms with Crippen LogP contribution in [0.3, 0.4) is 0 Å². The lowest BCUT2D eigenvalue weighted by Gasteiger charge is -2.20. The molecule has 0 fully saturated rings. The molecule has 108 valence electrons. The van der Waals surface area contributed by atoms with Crippen LogP contribution < -0.4 is 0 Å². The largest absolute Gasteiger partial charge is 0.481 e. The Hall–Kier alpha value is -1.06. The topological polar surface area (TPSA) is 63.6 Å². The maximum absolute atomic E-state index is 11.4. The second kappa shape index (κ2) is 11.1. The molecule has 0 aromatic carbocycles. The summed E-state index contributed by atoms with van der Waals surface area (Å²) in [6.07, 6.45) is 4.34. The Bertz CT molecular complexity index is 234. The van der Waals surface area contributed by atoms with Crippen molar-refractivity contribution in [2.24, 2.45) is 5.41 Å². The van der Waals surface area contributed by atoms with Crippen LogP contribution in [0.1, 0.15) is 66.7 Å². The number of unbranched alkanes of at least 4 members (excludes halogenated alkanes) is 2. The van der Waals surface area contributed by atoms with Crippen LogP contribution in [0.15, 0.2) is 0 Å². The first-order chi connectivity index (χ1) is 8.31. The molecule has 1 N–H and O–H groups in total. The quantitative estimate of drug-likeness (QED) is 0.560. The van der Waals surface area contributed by atoms with Gasteiger partial charge in [0.25, 0.3) is 0 Å². The number of carbonyl (C=O) groups excluding carboxylic acids is 1. The monoisotopic (exact) mass is 260 g/mol. The minimum atomic E-state index is -0.745. The average Bonchev–Trinajstić information content (AvgIpc) is 2.34. The molecule has 0 bridgehead atoms. The van der Waals surface area contributed by atoms with E-state index in [9.17, 15) is 9.59 Å². The van der Waals surface area contributed by atoms with Crippen LogP contribution in [0.2, 0.25) is 0 Å². The van der Waals surface area contributed by atoms with E-state index in [0.717, 1.165) is 25.7 Å². The molecule has 0 heterocycles. The fraction of sp³-hybridized carbons (Fsp3) is 0.857. The summed E-state index contributed by atoms with van der Waals surface area (Å²) in [5.41, 5.74) is -0.313. The highest BCUT2D eigenvalue weighted by molar-refractivity contribution is 5.75. The molecule has 18 heavy (non-hydrogen) atoms. The molecule has 0 aliphatic carbocycles. The van der Waals surface area contributed by atoms with Crippen LogP contribution in [0.5, 0.6) is 0 Å². The van der Waals surface area contributed by atoms with Gasteiger partial charge < -0.3 is 9.84 Å². The van der Waals surface area contributed by atoms with E-state index in [1.165, 1.54) is 0 Å². The first-order valence-corrected chi connectivity index (χ1v) is 6.70. The van der Waals surface area contributed by atoms with E-state index in [-0.39, 0.29) is 17.8 Å². The Balaban J connectivity index is 0. The molecule has 0 aliphatic heterocycles. The van der Waals surface area contributed by atoms with E-state index in [1.54, 1.807) is 6.92 Å². The number of hydrogen-bond acceptors (Lipinski definition) is 3. The third-order valence-electron chi connectivity index (χ3n) is 2.72. The van der Waals surface area contributed by atoms with E-state index in [1.807, 2.05) is 20.8 Å². The molecule has 0 atom stereocenters. The highest BCUT2D eigenvalue weighted by Gasteiger charge is 2.26. The average molecular weight is 260 g/mol. The predicted molar refractivity (Wildman–Crippen MR) is 72.5 cm³/mol. The maximum Gasteiger partial charge on any atom is 0.311 e. The smallest absolute Gasteiger partial charge is 0.311 e. The van der Waals surface area contributed by atoms with Gasteiger partial charge >= 0.3 is 11.9 Å². The number of aliphatic carboxylic acids is 1.